The van der Waals surface area contributed by atoms with Crippen LogP contribution >= 0.6 is 0 Å². The Morgan fingerprint density at radius 3 is 3.04 bits per heavy atom. The molecule has 1 fully saturated rings. The van der Waals surface area contributed by atoms with Crippen LogP contribution < -0.4 is 5.32 Å². The van der Waals surface area contributed by atoms with Crippen LogP contribution in [-0.4, -0.2) is 43.7 Å². The van der Waals surface area contributed by atoms with Crippen LogP contribution in [0.5, 0.6) is 0 Å². The van der Waals surface area contributed by atoms with Gasteiger partial charge in [0.1, 0.15) is 5.82 Å². The van der Waals surface area contributed by atoms with E-state index in [1.54, 1.807) is 13.1 Å². The summed E-state index contributed by atoms with van der Waals surface area (Å²) in [6.07, 6.45) is 5.63. The van der Waals surface area contributed by atoms with Crippen LogP contribution in [-0.2, 0) is 13.1 Å². The molecule has 8 heteroatoms. The number of amides is 2. The molecular weight excluding hydrogens is 320 g/mol. The Kier molecular flexibility index (Phi) is 5.35. The number of imidazole rings is 1. The van der Waals surface area contributed by atoms with Crippen molar-refractivity contribution >= 4 is 6.03 Å². The molecule has 2 aromatic rings. The van der Waals surface area contributed by atoms with Crippen LogP contribution in [0.25, 0.3) is 0 Å². The first-order chi connectivity index (χ1) is 12.0. The second-order valence-electron chi connectivity index (χ2n) is 7.01. The molecule has 0 aromatic carbocycles. The molecule has 136 valence electrons. The second-order valence-corrected chi connectivity index (χ2v) is 7.01. The summed E-state index contributed by atoms with van der Waals surface area (Å²) in [5.41, 5.74) is 0. The quantitative estimate of drug-likeness (QED) is 0.897. The van der Waals surface area contributed by atoms with Crippen LogP contribution in [0.15, 0.2) is 16.9 Å². The normalized spacial score (nSPS) is 17.9. The maximum Gasteiger partial charge on any atom is 0.317 e. The Morgan fingerprint density at radius 1 is 1.48 bits per heavy atom. The number of nitrogens with one attached hydrogen (secondary N) is 1. The molecule has 8 nitrogen and oxygen atoms in total. The third kappa shape index (κ3) is 4.37. The van der Waals surface area contributed by atoms with Gasteiger partial charge in [0, 0.05) is 32.0 Å². The maximum atomic E-state index is 12.5. The molecule has 0 radical (unpaired) electrons. The summed E-state index contributed by atoms with van der Waals surface area (Å²) in [4.78, 5) is 23.0. The number of nitrogens with zero attached hydrogens (tertiary/aromatic N) is 5. The number of hydrogen-bond acceptors (Lipinski definition) is 5. The number of urea groups is 1. The first-order valence-electron chi connectivity index (χ1n) is 8.86. The van der Waals surface area contributed by atoms with Crippen LogP contribution in [0.4, 0.5) is 4.79 Å². The van der Waals surface area contributed by atoms with Gasteiger partial charge in [0.15, 0.2) is 5.82 Å². The molecule has 0 bridgehead atoms. The molecule has 1 atom stereocenters. The highest BCUT2D eigenvalue weighted by Crippen LogP contribution is 2.25. The minimum Gasteiger partial charge on any atom is -0.339 e. The summed E-state index contributed by atoms with van der Waals surface area (Å²) >= 11 is 0. The molecule has 1 saturated heterocycles. The van der Waals surface area contributed by atoms with Crippen molar-refractivity contribution in [1.29, 1.82) is 0 Å². The highest BCUT2D eigenvalue weighted by atomic mass is 16.5. The van der Waals surface area contributed by atoms with E-state index >= 15 is 0 Å². The van der Waals surface area contributed by atoms with E-state index in [4.69, 9.17) is 4.52 Å². The van der Waals surface area contributed by atoms with E-state index in [2.05, 4.69) is 38.9 Å². The van der Waals surface area contributed by atoms with E-state index in [-0.39, 0.29) is 11.9 Å². The topological polar surface area (TPSA) is 89.1 Å². The van der Waals surface area contributed by atoms with E-state index < -0.39 is 0 Å². The second kappa shape index (κ2) is 7.67. The summed E-state index contributed by atoms with van der Waals surface area (Å²) < 4.78 is 7.36. The van der Waals surface area contributed by atoms with Crippen LogP contribution in [0.2, 0.25) is 0 Å². The number of piperidine rings is 1. The summed E-state index contributed by atoms with van der Waals surface area (Å²) in [6.45, 7) is 8.81. The van der Waals surface area contributed by atoms with Gasteiger partial charge in [-0.25, -0.2) is 9.78 Å². The first kappa shape index (κ1) is 17.4. The van der Waals surface area contributed by atoms with E-state index in [0.717, 1.165) is 31.8 Å². The Balaban J connectivity index is 1.55. The lowest BCUT2D eigenvalue weighted by molar-refractivity contribution is 0.171. The Labute approximate surface area is 147 Å². The standard InChI is InChI=1S/C17H26N6O2/c1-12(2)10-22-8-6-18-15(22)9-19-17(24)23-7-4-5-14(11-23)16-20-13(3)21-25-16/h6,8,12,14H,4-5,7,9-11H2,1-3H3,(H,19,24). The summed E-state index contributed by atoms with van der Waals surface area (Å²) in [6, 6.07) is -0.0694. The lowest BCUT2D eigenvalue weighted by atomic mass is 9.98. The van der Waals surface area contributed by atoms with E-state index in [9.17, 15) is 4.79 Å². The Morgan fingerprint density at radius 2 is 2.32 bits per heavy atom. The number of carbonyl (C=O) groups excluding carboxylic acids is 1. The third-order valence-corrected chi connectivity index (χ3v) is 4.36. The van der Waals surface area contributed by atoms with Crippen molar-refractivity contribution in [3.8, 4) is 0 Å². The van der Waals surface area contributed by atoms with Gasteiger partial charge in [0.2, 0.25) is 5.89 Å². The number of aryl methyl sites for hydroxylation is 1. The summed E-state index contributed by atoms with van der Waals surface area (Å²) in [5, 5.41) is 6.83. The van der Waals surface area contributed by atoms with Gasteiger partial charge in [-0.3, -0.25) is 0 Å². The summed E-state index contributed by atoms with van der Waals surface area (Å²) in [5.74, 6) is 2.78. The summed E-state index contributed by atoms with van der Waals surface area (Å²) in [7, 11) is 0. The number of hydrogen-bond donors (Lipinski definition) is 1. The van der Waals surface area contributed by atoms with Gasteiger partial charge >= 0.3 is 6.03 Å². The zero-order valence-electron chi connectivity index (χ0n) is 15.1. The molecule has 3 heterocycles. The largest absolute Gasteiger partial charge is 0.339 e. The average molecular weight is 346 g/mol. The number of rotatable bonds is 5. The SMILES string of the molecule is Cc1noc(C2CCCN(C(=O)NCc3nccn3CC(C)C)C2)n1. The van der Waals surface area contributed by atoms with E-state index in [0.29, 0.717) is 30.7 Å². The van der Waals surface area contributed by atoms with Gasteiger partial charge < -0.3 is 19.3 Å². The predicted molar refractivity (Wildman–Crippen MR) is 91.9 cm³/mol. The minimum absolute atomic E-state index is 0.0694. The zero-order chi connectivity index (χ0) is 17.8. The molecule has 1 unspecified atom stereocenters. The van der Waals surface area contributed by atoms with Gasteiger partial charge in [-0.1, -0.05) is 19.0 Å². The fourth-order valence-corrected chi connectivity index (χ4v) is 3.18. The third-order valence-electron chi connectivity index (χ3n) is 4.36. The van der Waals surface area contributed by atoms with Crippen LogP contribution in [0.1, 0.15) is 50.1 Å². The molecule has 2 amide bonds. The lowest BCUT2D eigenvalue weighted by Crippen LogP contribution is -2.45. The van der Waals surface area contributed by atoms with Crippen molar-refractivity contribution < 1.29 is 9.32 Å². The number of likely N-dealkylation sites (tertiary alicyclic amines) is 1. The number of carbonyl (C=O) groups is 1. The number of aromatic nitrogens is 4. The molecule has 1 aliphatic rings. The van der Waals surface area contributed by atoms with Gasteiger partial charge in [-0.15, -0.1) is 0 Å². The highest BCUT2D eigenvalue weighted by molar-refractivity contribution is 5.74. The lowest BCUT2D eigenvalue weighted by Gasteiger charge is -2.31. The maximum absolute atomic E-state index is 12.5. The molecule has 0 spiro atoms. The van der Waals surface area contributed by atoms with E-state index in [1.165, 1.54) is 0 Å². The smallest absolute Gasteiger partial charge is 0.317 e. The monoisotopic (exact) mass is 346 g/mol. The molecule has 2 aromatic heterocycles. The van der Waals surface area contributed by atoms with Crippen molar-refractivity contribution in [2.75, 3.05) is 13.1 Å². The van der Waals surface area contributed by atoms with Crippen LogP contribution in [0, 0.1) is 12.8 Å². The van der Waals surface area contributed by atoms with E-state index in [1.807, 2.05) is 11.1 Å². The molecule has 1 aliphatic heterocycles. The fraction of sp³-hybridized carbons (Fsp3) is 0.647. The first-order valence-corrected chi connectivity index (χ1v) is 8.86. The Hall–Kier alpha value is -2.38. The van der Waals surface area contributed by atoms with Gasteiger partial charge in [0.05, 0.1) is 12.5 Å². The van der Waals surface area contributed by atoms with Crippen molar-refractivity contribution in [3.63, 3.8) is 0 Å². The van der Waals surface area contributed by atoms with Gasteiger partial charge in [-0.05, 0) is 25.7 Å². The van der Waals surface area contributed by atoms with Crippen molar-refractivity contribution in [2.45, 2.75) is 52.6 Å². The van der Waals surface area contributed by atoms with Crippen molar-refractivity contribution in [3.05, 3.63) is 29.9 Å². The minimum atomic E-state index is -0.0694. The Bertz CT molecular complexity index is 708. The van der Waals surface area contributed by atoms with Crippen molar-refractivity contribution in [1.82, 2.24) is 29.9 Å². The fourth-order valence-electron chi connectivity index (χ4n) is 3.18. The molecule has 1 N–H and O–H groups in total. The highest BCUT2D eigenvalue weighted by Gasteiger charge is 2.28. The molecule has 3 rings (SSSR count). The van der Waals surface area contributed by atoms with Crippen molar-refractivity contribution in [2.24, 2.45) is 5.92 Å². The average Bonchev–Trinajstić information content (AvgIpc) is 3.21. The van der Waals surface area contributed by atoms with Crippen LogP contribution in [0.3, 0.4) is 0 Å². The zero-order valence-corrected chi connectivity index (χ0v) is 15.1. The van der Waals surface area contributed by atoms with Gasteiger partial charge in [-0.2, -0.15) is 4.98 Å². The molecule has 0 saturated carbocycles. The predicted octanol–water partition coefficient (Wildman–Crippen LogP) is 2.32. The molecule has 25 heavy (non-hydrogen) atoms. The van der Waals surface area contributed by atoms with Gasteiger partial charge in [0.25, 0.3) is 0 Å². The molecule has 0 aliphatic carbocycles. The molecular formula is C17H26N6O2.